The number of hydrogen-bond donors (Lipinski definition) is 2. The first-order valence-electron chi connectivity index (χ1n) is 10.3. The third-order valence-corrected chi connectivity index (χ3v) is 6.33. The van der Waals surface area contributed by atoms with Gasteiger partial charge < -0.3 is 14.8 Å². The van der Waals surface area contributed by atoms with Gasteiger partial charge in [0.1, 0.15) is 11.8 Å². The Hall–Kier alpha value is -2.61. The molecule has 0 bridgehead atoms. The first-order valence-corrected chi connectivity index (χ1v) is 10.7. The maximum absolute atomic E-state index is 12.2. The lowest BCUT2D eigenvalue weighted by molar-refractivity contribution is -0.144. The number of methoxy groups -OCH3 is 1. The number of nitrogens with zero attached hydrogens (tertiary/aromatic N) is 3. The minimum absolute atomic E-state index is 0.596. The zero-order valence-corrected chi connectivity index (χ0v) is 18.7. The van der Waals surface area contributed by atoms with Crippen molar-refractivity contribution < 1.29 is 14.6 Å². The molecule has 3 heterocycles. The number of pyridine rings is 1. The van der Waals surface area contributed by atoms with Gasteiger partial charge >= 0.3 is 5.97 Å². The lowest BCUT2D eigenvalue weighted by Gasteiger charge is -2.37. The lowest BCUT2D eigenvalue weighted by Crippen LogP contribution is -2.49. The smallest absolute Gasteiger partial charge is 0.325 e. The van der Waals surface area contributed by atoms with E-state index in [0.29, 0.717) is 18.1 Å². The summed E-state index contributed by atoms with van der Waals surface area (Å²) < 4.78 is 5.52. The molecule has 4 rings (SSSR count). The zero-order chi connectivity index (χ0) is 22.1. The number of H-pyrrole nitrogens is 1. The maximum atomic E-state index is 12.2. The summed E-state index contributed by atoms with van der Waals surface area (Å²) in [7, 11) is 1.68. The summed E-state index contributed by atoms with van der Waals surface area (Å²) in [5.74, 6) is 0.0303. The monoisotopic (exact) mass is 442 g/mol. The number of rotatable bonds is 6. The number of piperazine rings is 1. The third kappa shape index (κ3) is 4.26. The fraction of sp³-hybridized carbons (Fsp3) is 0.391. The van der Waals surface area contributed by atoms with Crippen molar-refractivity contribution in [1.82, 2.24) is 19.8 Å². The molecule has 1 atom stereocenters. The van der Waals surface area contributed by atoms with Gasteiger partial charge in [-0.25, -0.2) is 0 Å². The van der Waals surface area contributed by atoms with Crippen LogP contribution in [0.3, 0.4) is 0 Å². The molecule has 3 aromatic rings. The Morgan fingerprint density at radius 3 is 2.71 bits per heavy atom. The van der Waals surface area contributed by atoms with E-state index in [9.17, 15) is 9.90 Å². The molecule has 0 amide bonds. The first-order chi connectivity index (χ1) is 14.9. The zero-order valence-electron chi connectivity index (χ0n) is 18.0. The van der Waals surface area contributed by atoms with E-state index in [1.165, 1.54) is 0 Å². The molecule has 7 nitrogen and oxygen atoms in total. The molecule has 1 fully saturated rings. The standard InChI is InChI=1S/C23H27ClN4O3/c1-14-11-25-20(15(2)22(14)31-3)13-27-6-8-28(9-7-27)21(23(29)30)18-12-26-19-5-4-16(24)10-17(18)19/h4-5,10-12,21,26H,6-9,13H2,1-3H3,(H,29,30)/t21-/m0/s1. The average molecular weight is 443 g/mol. The predicted molar refractivity (Wildman–Crippen MR) is 121 cm³/mol. The van der Waals surface area contributed by atoms with E-state index in [4.69, 9.17) is 16.3 Å². The predicted octanol–water partition coefficient (Wildman–Crippen LogP) is 3.79. The molecule has 1 aliphatic rings. The van der Waals surface area contributed by atoms with Crippen molar-refractivity contribution in [2.75, 3.05) is 33.3 Å². The van der Waals surface area contributed by atoms with Crippen LogP contribution in [0.1, 0.15) is 28.4 Å². The fourth-order valence-electron chi connectivity index (χ4n) is 4.45. The van der Waals surface area contributed by atoms with Crippen LogP contribution in [0.4, 0.5) is 0 Å². The van der Waals surface area contributed by atoms with Crippen LogP contribution in [0.5, 0.6) is 5.75 Å². The molecule has 0 radical (unpaired) electrons. The quantitative estimate of drug-likeness (QED) is 0.604. The second-order valence-corrected chi connectivity index (χ2v) is 8.47. The number of carboxylic acids is 1. The Morgan fingerprint density at radius 2 is 2.03 bits per heavy atom. The van der Waals surface area contributed by atoms with Gasteiger partial charge in [-0.05, 0) is 32.0 Å². The van der Waals surface area contributed by atoms with Gasteiger partial charge in [-0.2, -0.15) is 0 Å². The van der Waals surface area contributed by atoms with Gasteiger partial charge in [0.05, 0.1) is 12.8 Å². The molecule has 31 heavy (non-hydrogen) atoms. The van der Waals surface area contributed by atoms with E-state index in [1.54, 1.807) is 19.4 Å². The Kier molecular flexibility index (Phi) is 6.18. The number of benzene rings is 1. The molecule has 1 aromatic carbocycles. The minimum Gasteiger partial charge on any atom is -0.496 e. The SMILES string of the molecule is COc1c(C)cnc(CN2CCN([C@H](C(=O)O)c3c[nH]c4ccc(Cl)cc34)CC2)c1C. The van der Waals surface area contributed by atoms with Crippen molar-refractivity contribution in [3.63, 3.8) is 0 Å². The molecule has 0 aliphatic carbocycles. The van der Waals surface area contributed by atoms with E-state index in [0.717, 1.165) is 58.7 Å². The highest BCUT2D eigenvalue weighted by Gasteiger charge is 2.32. The Balaban J connectivity index is 1.49. The number of fused-ring (bicyclic) bond motifs is 1. The summed E-state index contributed by atoms with van der Waals surface area (Å²) >= 11 is 6.16. The summed E-state index contributed by atoms with van der Waals surface area (Å²) in [6, 6.07) is 4.79. The van der Waals surface area contributed by atoms with E-state index in [2.05, 4.69) is 14.9 Å². The van der Waals surface area contributed by atoms with Crippen LogP contribution in [-0.4, -0.2) is 64.1 Å². The number of aromatic amines is 1. The number of carbonyl (C=O) groups is 1. The van der Waals surface area contributed by atoms with Gasteiger partial charge in [0.2, 0.25) is 0 Å². The molecule has 0 saturated carbocycles. The normalized spacial score (nSPS) is 16.5. The average Bonchev–Trinajstić information content (AvgIpc) is 3.14. The topological polar surface area (TPSA) is 81.7 Å². The summed E-state index contributed by atoms with van der Waals surface area (Å²) in [4.78, 5) is 24.3. The molecule has 0 unspecified atom stereocenters. The molecule has 1 saturated heterocycles. The van der Waals surface area contributed by atoms with Crippen molar-refractivity contribution in [2.24, 2.45) is 0 Å². The third-order valence-electron chi connectivity index (χ3n) is 6.10. The highest BCUT2D eigenvalue weighted by molar-refractivity contribution is 6.31. The van der Waals surface area contributed by atoms with E-state index in [1.807, 2.05) is 37.1 Å². The van der Waals surface area contributed by atoms with Crippen LogP contribution in [-0.2, 0) is 11.3 Å². The second kappa shape index (κ2) is 8.86. The Bertz CT molecular complexity index is 1110. The van der Waals surface area contributed by atoms with Gasteiger partial charge in [0.25, 0.3) is 0 Å². The number of ether oxygens (including phenoxy) is 1. The molecule has 2 aromatic heterocycles. The molecule has 1 aliphatic heterocycles. The van der Waals surface area contributed by atoms with Crippen LogP contribution >= 0.6 is 11.6 Å². The van der Waals surface area contributed by atoms with Crippen molar-refractivity contribution in [2.45, 2.75) is 26.4 Å². The number of aryl methyl sites for hydroxylation is 1. The van der Waals surface area contributed by atoms with Crippen molar-refractivity contribution >= 4 is 28.5 Å². The minimum atomic E-state index is -0.852. The Labute approximate surface area is 186 Å². The van der Waals surface area contributed by atoms with E-state index in [-0.39, 0.29) is 0 Å². The number of aromatic nitrogens is 2. The van der Waals surface area contributed by atoms with Crippen LogP contribution in [0, 0.1) is 13.8 Å². The highest BCUT2D eigenvalue weighted by Crippen LogP contribution is 2.31. The van der Waals surface area contributed by atoms with Gasteiger partial charge in [-0.15, -0.1) is 0 Å². The van der Waals surface area contributed by atoms with Crippen LogP contribution in [0.15, 0.2) is 30.6 Å². The molecular formula is C23H27ClN4O3. The molecule has 0 spiro atoms. The summed E-state index contributed by atoms with van der Waals surface area (Å²) in [6.07, 6.45) is 3.64. The van der Waals surface area contributed by atoms with Gasteiger partial charge in [0.15, 0.2) is 0 Å². The van der Waals surface area contributed by atoms with Crippen LogP contribution in [0.25, 0.3) is 10.9 Å². The van der Waals surface area contributed by atoms with E-state index >= 15 is 0 Å². The number of halogens is 1. The largest absolute Gasteiger partial charge is 0.496 e. The van der Waals surface area contributed by atoms with Gasteiger partial charge in [-0.3, -0.25) is 19.6 Å². The number of aliphatic carboxylic acids is 1. The highest BCUT2D eigenvalue weighted by atomic mass is 35.5. The van der Waals surface area contributed by atoms with Crippen molar-refractivity contribution in [1.29, 1.82) is 0 Å². The molecular weight excluding hydrogens is 416 g/mol. The van der Waals surface area contributed by atoms with Crippen LogP contribution < -0.4 is 4.74 Å². The Morgan fingerprint density at radius 1 is 1.29 bits per heavy atom. The number of carboxylic acid groups (broad SMARTS) is 1. The fourth-order valence-corrected chi connectivity index (χ4v) is 4.62. The van der Waals surface area contributed by atoms with E-state index < -0.39 is 12.0 Å². The molecule has 164 valence electrons. The second-order valence-electron chi connectivity index (χ2n) is 8.03. The summed E-state index contributed by atoms with van der Waals surface area (Å²) in [5, 5.41) is 11.5. The molecule has 8 heteroatoms. The number of hydrogen-bond acceptors (Lipinski definition) is 5. The van der Waals surface area contributed by atoms with Crippen molar-refractivity contribution in [3.8, 4) is 5.75 Å². The van der Waals surface area contributed by atoms with Crippen LogP contribution in [0.2, 0.25) is 5.02 Å². The van der Waals surface area contributed by atoms with Gasteiger partial charge in [0, 0.05) is 77.7 Å². The maximum Gasteiger partial charge on any atom is 0.325 e. The van der Waals surface area contributed by atoms with Crippen molar-refractivity contribution in [3.05, 3.63) is 58.0 Å². The molecule has 2 N–H and O–H groups in total. The first kappa shape index (κ1) is 21.6. The summed E-state index contributed by atoms with van der Waals surface area (Å²) in [5.41, 5.74) is 4.72. The summed E-state index contributed by atoms with van der Waals surface area (Å²) in [6.45, 7) is 7.60. The lowest BCUT2D eigenvalue weighted by atomic mass is 10.0. The van der Waals surface area contributed by atoms with Gasteiger partial charge in [-0.1, -0.05) is 11.6 Å². The number of nitrogens with one attached hydrogen (secondary N) is 1.